The zero-order chi connectivity index (χ0) is 20.9. The van der Waals surface area contributed by atoms with Crippen LogP contribution in [0.5, 0.6) is 5.75 Å². The maximum Gasteiger partial charge on any atom is 0.158 e. The highest BCUT2D eigenvalue weighted by atomic mass is 16.5. The molecule has 2 aromatic heterocycles. The van der Waals surface area contributed by atoms with Crippen LogP contribution in [0.4, 0.5) is 11.6 Å². The van der Waals surface area contributed by atoms with E-state index in [1.165, 1.54) is 12.4 Å². The van der Waals surface area contributed by atoms with E-state index < -0.39 is 0 Å². The number of morpholine rings is 1. The van der Waals surface area contributed by atoms with E-state index >= 15 is 0 Å². The number of ether oxygens (including phenoxy) is 2. The molecule has 1 aliphatic heterocycles. The lowest BCUT2D eigenvalue weighted by molar-refractivity contribution is -0.0282. The van der Waals surface area contributed by atoms with Crippen LogP contribution in [0.2, 0.25) is 0 Å². The second kappa shape index (κ2) is 8.90. The Morgan fingerprint density at radius 3 is 2.93 bits per heavy atom. The molecule has 1 saturated heterocycles. The lowest BCUT2D eigenvalue weighted by Gasteiger charge is -2.32. The molecule has 9 nitrogen and oxygen atoms in total. The Morgan fingerprint density at radius 2 is 2.20 bits per heavy atom. The summed E-state index contributed by atoms with van der Waals surface area (Å²) in [7, 11) is 1.66. The monoisotopic (exact) mass is 405 g/mol. The topological polar surface area (TPSA) is 112 Å². The van der Waals surface area contributed by atoms with Crippen molar-refractivity contribution in [2.45, 2.75) is 13.0 Å². The smallest absolute Gasteiger partial charge is 0.158 e. The van der Waals surface area contributed by atoms with Gasteiger partial charge in [-0.25, -0.2) is 9.97 Å². The molecule has 1 aromatic carbocycles. The number of nitrogens with one attached hydrogen (secondary N) is 2. The van der Waals surface area contributed by atoms with E-state index in [4.69, 9.17) is 14.7 Å². The highest BCUT2D eigenvalue weighted by molar-refractivity contribution is 5.71. The minimum absolute atomic E-state index is 0.0376. The first-order valence-corrected chi connectivity index (χ1v) is 9.77. The number of H-pyrrole nitrogens is 1. The third-order valence-electron chi connectivity index (χ3n) is 5.09. The second-order valence-corrected chi connectivity index (χ2v) is 6.90. The van der Waals surface area contributed by atoms with Gasteiger partial charge in [0.25, 0.3) is 0 Å². The summed E-state index contributed by atoms with van der Waals surface area (Å²) in [5.74, 6) is 1.84. The molecule has 4 rings (SSSR count). The number of hydrogen-bond acceptors (Lipinski definition) is 8. The molecule has 3 heterocycles. The van der Waals surface area contributed by atoms with Gasteiger partial charge in [-0.05, 0) is 24.2 Å². The molecule has 1 atom stereocenters. The summed E-state index contributed by atoms with van der Waals surface area (Å²) in [6.45, 7) is 5.76. The number of aromatic amines is 1. The van der Waals surface area contributed by atoms with Gasteiger partial charge in [-0.1, -0.05) is 13.0 Å². The Balaban J connectivity index is 1.53. The average Bonchev–Trinajstić information content (AvgIpc) is 3.27. The SMILES string of the molecule is CCN1CCOC(c2ccc(-c3cc(Nc4cnc(C#N)cn4)n[nH]3)c(OC)c2)C1. The lowest BCUT2D eigenvalue weighted by atomic mass is 10.0. The van der Waals surface area contributed by atoms with E-state index in [2.05, 4.69) is 43.4 Å². The van der Waals surface area contributed by atoms with Crippen molar-refractivity contribution in [1.82, 2.24) is 25.1 Å². The van der Waals surface area contributed by atoms with Gasteiger partial charge in [0.1, 0.15) is 17.6 Å². The number of aromatic nitrogens is 4. The maximum atomic E-state index is 8.81. The van der Waals surface area contributed by atoms with E-state index in [0.717, 1.165) is 48.8 Å². The summed E-state index contributed by atoms with van der Waals surface area (Å²) in [6, 6.07) is 9.92. The molecule has 0 spiro atoms. The lowest BCUT2D eigenvalue weighted by Crippen LogP contribution is -2.38. The van der Waals surface area contributed by atoms with Gasteiger partial charge in [-0.2, -0.15) is 10.4 Å². The number of nitrogens with zero attached hydrogens (tertiary/aromatic N) is 5. The predicted molar refractivity (Wildman–Crippen MR) is 111 cm³/mol. The van der Waals surface area contributed by atoms with Crippen molar-refractivity contribution in [3.63, 3.8) is 0 Å². The molecular weight excluding hydrogens is 382 g/mol. The summed E-state index contributed by atoms with van der Waals surface area (Å²) in [5.41, 5.74) is 3.06. The second-order valence-electron chi connectivity index (χ2n) is 6.90. The highest BCUT2D eigenvalue weighted by Crippen LogP contribution is 2.34. The fourth-order valence-corrected chi connectivity index (χ4v) is 3.43. The van der Waals surface area contributed by atoms with Crippen molar-refractivity contribution in [1.29, 1.82) is 5.26 Å². The van der Waals surface area contributed by atoms with Crippen molar-refractivity contribution in [2.24, 2.45) is 0 Å². The van der Waals surface area contributed by atoms with Gasteiger partial charge >= 0.3 is 0 Å². The number of anilines is 2. The molecule has 30 heavy (non-hydrogen) atoms. The fourth-order valence-electron chi connectivity index (χ4n) is 3.43. The van der Waals surface area contributed by atoms with Crippen LogP contribution in [0.15, 0.2) is 36.7 Å². The van der Waals surface area contributed by atoms with Crippen LogP contribution in [0.25, 0.3) is 11.3 Å². The van der Waals surface area contributed by atoms with Gasteiger partial charge < -0.3 is 14.8 Å². The Hall–Kier alpha value is -3.48. The summed E-state index contributed by atoms with van der Waals surface area (Å²) in [6.07, 6.45) is 2.94. The third-order valence-corrected chi connectivity index (χ3v) is 5.09. The molecule has 1 aliphatic rings. The van der Waals surface area contributed by atoms with Gasteiger partial charge in [0, 0.05) is 24.7 Å². The summed E-state index contributed by atoms with van der Waals surface area (Å²) >= 11 is 0. The first-order valence-electron chi connectivity index (χ1n) is 9.77. The summed E-state index contributed by atoms with van der Waals surface area (Å²) in [4.78, 5) is 10.5. The van der Waals surface area contributed by atoms with Crippen LogP contribution >= 0.6 is 0 Å². The molecule has 9 heteroatoms. The van der Waals surface area contributed by atoms with Gasteiger partial charge in [-0.3, -0.25) is 10.00 Å². The Labute approximate surface area is 174 Å². The molecule has 0 saturated carbocycles. The normalized spacial score (nSPS) is 16.8. The number of methoxy groups -OCH3 is 1. The van der Waals surface area contributed by atoms with Crippen LogP contribution < -0.4 is 10.1 Å². The fraction of sp³-hybridized carbons (Fsp3) is 0.333. The minimum Gasteiger partial charge on any atom is -0.496 e. The van der Waals surface area contributed by atoms with Crippen molar-refractivity contribution in [3.8, 4) is 23.1 Å². The molecule has 1 unspecified atom stereocenters. The standard InChI is InChI=1S/C21H23N7O2/c1-3-28-6-7-30-19(13-28)14-4-5-16(18(8-14)29-2)17-9-20(27-26-17)25-21-12-23-15(10-22)11-24-21/h4-5,8-9,11-12,19H,3,6-7,13H2,1-2H3,(H2,24,25,26,27). The first-order chi connectivity index (χ1) is 14.7. The first kappa shape index (κ1) is 19.8. The van der Waals surface area contributed by atoms with Crippen molar-refractivity contribution >= 4 is 11.6 Å². The minimum atomic E-state index is 0.0376. The summed E-state index contributed by atoms with van der Waals surface area (Å²) in [5, 5.41) is 19.2. The van der Waals surface area contributed by atoms with Crippen LogP contribution in [0, 0.1) is 11.3 Å². The number of nitriles is 1. The highest BCUT2D eigenvalue weighted by Gasteiger charge is 2.22. The zero-order valence-electron chi connectivity index (χ0n) is 16.9. The van der Waals surface area contributed by atoms with Crippen molar-refractivity contribution in [2.75, 3.05) is 38.7 Å². The molecule has 0 radical (unpaired) electrons. The van der Waals surface area contributed by atoms with Crippen LogP contribution in [-0.2, 0) is 4.74 Å². The molecule has 1 fully saturated rings. The average molecular weight is 405 g/mol. The molecule has 0 bridgehead atoms. The van der Waals surface area contributed by atoms with E-state index in [-0.39, 0.29) is 11.8 Å². The van der Waals surface area contributed by atoms with E-state index in [1.807, 2.05) is 24.3 Å². The van der Waals surface area contributed by atoms with Gasteiger partial charge in [0.15, 0.2) is 11.5 Å². The molecule has 0 aliphatic carbocycles. The largest absolute Gasteiger partial charge is 0.496 e. The van der Waals surface area contributed by atoms with Gasteiger partial charge in [0.2, 0.25) is 0 Å². The number of hydrogen-bond donors (Lipinski definition) is 2. The Morgan fingerprint density at radius 1 is 1.30 bits per heavy atom. The molecular formula is C21H23N7O2. The molecule has 0 amide bonds. The third kappa shape index (κ3) is 4.25. The van der Waals surface area contributed by atoms with Crippen LogP contribution in [0.1, 0.15) is 24.3 Å². The number of likely N-dealkylation sites (N-methyl/N-ethyl adjacent to an activating group) is 1. The predicted octanol–water partition coefficient (Wildman–Crippen LogP) is 2.88. The Bertz CT molecular complexity index is 1040. The Kier molecular flexibility index (Phi) is 5.88. The van der Waals surface area contributed by atoms with Crippen LogP contribution in [-0.4, -0.2) is 58.4 Å². The van der Waals surface area contributed by atoms with Crippen LogP contribution in [0.3, 0.4) is 0 Å². The van der Waals surface area contributed by atoms with Crippen molar-refractivity contribution < 1.29 is 9.47 Å². The molecule has 154 valence electrons. The van der Waals surface area contributed by atoms with E-state index in [1.54, 1.807) is 7.11 Å². The van der Waals surface area contributed by atoms with E-state index in [9.17, 15) is 0 Å². The number of rotatable bonds is 6. The summed E-state index contributed by atoms with van der Waals surface area (Å²) < 4.78 is 11.6. The zero-order valence-corrected chi connectivity index (χ0v) is 16.9. The van der Waals surface area contributed by atoms with Gasteiger partial charge in [-0.15, -0.1) is 0 Å². The quantitative estimate of drug-likeness (QED) is 0.644. The molecule has 2 N–H and O–H groups in total. The van der Waals surface area contributed by atoms with Gasteiger partial charge in [0.05, 0.1) is 37.9 Å². The maximum absolute atomic E-state index is 8.81. The molecule has 3 aromatic rings. The number of benzene rings is 1. The van der Waals surface area contributed by atoms with Crippen molar-refractivity contribution in [3.05, 3.63) is 47.9 Å². The van der Waals surface area contributed by atoms with E-state index in [0.29, 0.717) is 11.6 Å².